The summed E-state index contributed by atoms with van der Waals surface area (Å²) in [6.07, 6.45) is 1.70. The average Bonchev–Trinajstić information content (AvgIpc) is 3.27. The third-order valence-corrected chi connectivity index (χ3v) is 7.52. The van der Waals surface area contributed by atoms with E-state index in [2.05, 4.69) is 36.9 Å². The fourth-order valence-corrected chi connectivity index (χ4v) is 6.22. The summed E-state index contributed by atoms with van der Waals surface area (Å²) in [7, 11) is 0. The van der Waals surface area contributed by atoms with Crippen molar-refractivity contribution in [3.63, 3.8) is 0 Å². The first-order valence-corrected chi connectivity index (χ1v) is 11.5. The number of allylic oxidation sites excluding steroid dienone is 1. The van der Waals surface area contributed by atoms with E-state index in [4.69, 9.17) is 0 Å². The van der Waals surface area contributed by atoms with Gasteiger partial charge in [0.05, 0.1) is 24.7 Å². The third-order valence-electron chi connectivity index (χ3n) is 4.40. The summed E-state index contributed by atoms with van der Waals surface area (Å²) in [6.45, 7) is 1.65. The maximum Gasteiger partial charge on any atom is 0.335 e. The molecule has 0 bridgehead atoms. The number of carbonyl (C=O) groups is 1. The van der Waals surface area contributed by atoms with E-state index in [0.717, 1.165) is 4.88 Å². The van der Waals surface area contributed by atoms with Gasteiger partial charge in [0.25, 0.3) is 5.56 Å². The number of phenols is 1. The molecule has 1 aliphatic heterocycles. The van der Waals surface area contributed by atoms with Crippen LogP contribution in [0, 0.1) is 0 Å². The van der Waals surface area contributed by atoms with Gasteiger partial charge < -0.3 is 10.2 Å². The molecule has 1 aromatic carbocycles. The molecule has 3 aromatic rings. The van der Waals surface area contributed by atoms with E-state index in [0.29, 0.717) is 29.5 Å². The van der Waals surface area contributed by atoms with Crippen LogP contribution in [0.5, 0.6) is 5.75 Å². The lowest BCUT2D eigenvalue weighted by atomic mass is 10.0. The highest BCUT2D eigenvalue weighted by Gasteiger charge is 2.32. The van der Waals surface area contributed by atoms with E-state index in [1.165, 1.54) is 27.2 Å². The third kappa shape index (κ3) is 3.54. The Kier molecular flexibility index (Phi) is 5.36. The van der Waals surface area contributed by atoms with Crippen molar-refractivity contribution < 1.29 is 15.0 Å². The fraction of sp³-hybridized carbons (Fsp3) is 0.105. The number of rotatable bonds is 3. The molecule has 6 nitrogen and oxygen atoms in total. The van der Waals surface area contributed by atoms with Crippen molar-refractivity contribution in [2.75, 3.05) is 0 Å². The molecule has 148 valence electrons. The van der Waals surface area contributed by atoms with Gasteiger partial charge in [0.15, 0.2) is 4.80 Å². The number of carboxylic acid groups (broad SMARTS) is 1. The van der Waals surface area contributed by atoms with E-state index in [9.17, 15) is 19.8 Å². The van der Waals surface area contributed by atoms with Gasteiger partial charge in [-0.15, -0.1) is 11.3 Å². The second-order valence-corrected chi connectivity index (χ2v) is 9.93. The second kappa shape index (κ2) is 7.67. The molecule has 0 amide bonds. The zero-order valence-electron chi connectivity index (χ0n) is 14.7. The van der Waals surface area contributed by atoms with Crippen molar-refractivity contribution >= 4 is 66.6 Å². The van der Waals surface area contributed by atoms with Crippen molar-refractivity contribution in [3.8, 4) is 5.75 Å². The van der Waals surface area contributed by atoms with E-state index in [1.807, 2.05) is 17.5 Å². The summed E-state index contributed by atoms with van der Waals surface area (Å²) in [5.74, 6) is -1.02. The molecular weight excluding hydrogens is 544 g/mol. The lowest BCUT2D eigenvalue weighted by Gasteiger charge is -2.21. The zero-order chi connectivity index (χ0) is 20.9. The molecule has 2 N–H and O–H groups in total. The molecule has 3 heterocycles. The minimum absolute atomic E-state index is 0.0723. The number of nitrogens with zero attached hydrogens (tertiary/aromatic N) is 2. The van der Waals surface area contributed by atoms with E-state index in [1.54, 1.807) is 25.1 Å². The van der Waals surface area contributed by atoms with Crippen LogP contribution in [0.25, 0.3) is 6.08 Å². The van der Waals surface area contributed by atoms with Crippen molar-refractivity contribution in [2.45, 2.75) is 13.0 Å². The minimum atomic E-state index is -1.09. The zero-order valence-corrected chi connectivity index (χ0v) is 19.5. The smallest absolute Gasteiger partial charge is 0.335 e. The van der Waals surface area contributed by atoms with Crippen LogP contribution < -0.4 is 14.9 Å². The highest BCUT2D eigenvalue weighted by atomic mass is 79.9. The van der Waals surface area contributed by atoms with Crippen molar-refractivity contribution in [3.05, 3.63) is 80.0 Å². The van der Waals surface area contributed by atoms with Crippen LogP contribution in [0.3, 0.4) is 0 Å². The van der Waals surface area contributed by atoms with Crippen LogP contribution in [0.2, 0.25) is 0 Å². The van der Waals surface area contributed by atoms with E-state index in [-0.39, 0.29) is 16.9 Å². The van der Waals surface area contributed by atoms with E-state index < -0.39 is 12.0 Å². The number of carboxylic acids is 1. The summed E-state index contributed by atoms with van der Waals surface area (Å²) in [5.41, 5.74) is 0.882. The first-order valence-electron chi connectivity index (χ1n) is 8.25. The maximum atomic E-state index is 13.2. The maximum absolute atomic E-state index is 13.2. The highest BCUT2D eigenvalue weighted by molar-refractivity contribution is 9.11. The van der Waals surface area contributed by atoms with E-state index >= 15 is 0 Å². The summed E-state index contributed by atoms with van der Waals surface area (Å²) < 4.78 is 2.86. The number of thiazole rings is 1. The van der Waals surface area contributed by atoms with Crippen LogP contribution in [-0.2, 0) is 4.79 Å². The molecule has 0 saturated heterocycles. The standard InChI is InChI=1S/C19H12Br2N2O4S2/c1-8-14(18(26)27)15(12-3-2-4-28-12)23-17(25)13(29-19(23)22-8)7-9-5-10(20)16(24)11(21)6-9/h2-7,15,24H,1H3,(H,26,27)/b13-7-. The summed E-state index contributed by atoms with van der Waals surface area (Å²) in [5, 5.41) is 21.5. The normalized spacial score (nSPS) is 16.7. The number of thiophene rings is 1. The first-order chi connectivity index (χ1) is 13.8. The Morgan fingerprint density at radius 3 is 2.59 bits per heavy atom. The first kappa shape index (κ1) is 20.3. The Bertz CT molecular complexity index is 1330. The van der Waals surface area contributed by atoms with Gasteiger partial charge >= 0.3 is 5.97 Å². The minimum Gasteiger partial charge on any atom is -0.506 e. The molecule has 1 aliphatic rings. The topological polar surface area (TPSA) is 91.9 Å². The van der Waals surface area contributed by atoms with Crippen LogP contribution >= 0.6 is 54.5 Å². The molecule has 2 aromatic heterocycles. The number of hydrogen-bond acceptors (Lipinski definition) is 6. The summed E-state index contributed by atoms with van der Waals surface area (Å²) in [6, 6.07) is 6.33. The largest absolute Gasteiger partial charge is 0.506 e. The predicted molar refractivity (Wildman–Crippen MR) is 119 cm³/mol. The van der Waals surface area contributed by atoms with Crippen molar-refractivity contribution in [2.24, 2.45) is 4.99 Å². The SMILES string of the molecule is CC1=C(C(=O)O)C(c2cccs2)n2c(s/c(=C\c3cc(Br)c(O)c(Br)c3)c2=O)=N1. The fourth-order valence-electron chi connectivity index (χ4n) is 3.13. The Balaban J connectivity index is 1.97. The van der Waals surface area contributed by atoms with Crippen LogP contribution in [0.4, 0.5) is 0 Å². The molecule has 0 fully saturated rings. The van der Waals surface area contributed by atoms with Gasteiger partial charge in [-0.25, -0.2) is 9.79 Å². The Hall–Kier alpha value is -2.01. The van der Waals surface area contributed by atoms with Gasteiger partial charge in [-0.05, 0) is 74.0 Å². The van der Waals surface area contributed by atoms with Crippen LogP contribution in [0.1, 0.15) is 23.4 Å². The predicted octanol–water partition coefficient (Wildman–Crippen LogP) is 3.61. The van der Waals surface area contributed by atoms with Crippen molar-refractivity contribution in [1.82, 2.24) is 4.57 Å². The number of aromatic hydroxyl groups is 1. The number of halogens is 2. The second-order valence-electron chi connectivity index (χ2n) is 6.24. The molecule has 10 heteroatoms. The van der Waals surface area contributed by atoms with Gasteiger partial charge in [-0.3, -0.25) is 9.36 Å². The monoisotopic (exact) mass is 554 g/mol. The highest BCUT2D eigenvalue weighted by Crippen LogP contribution is 2.34. The Labute approximate surface area is 189 Å². The lowest BCUT2D eigenvalue weighted by molar-refractivity contribution is -0.133. The quantitative estimate of drug-likeness (QED) is 0.516. The molecule has 0 saturated carbocycles. The molecule has 0 aliphatic carbocycles. The van der Waals surface area contributed by atoms with Crippen LogP contribution in [0.15, 0.2) is 59.6 Å². The molecule has 0 spiro atoms. The molecule has 1 atom stereocenters. The Morgan fingerprint density at radius 2 is 2.00 bits per heavy atom. The molecule has 1 unspecified atom stereocenters. The number of fused-ring (bicyclic) bond motifs is 1. The number of aromatic nitrogens is 1. The number of aliphatic carboxylic acids is 1. The Morgan fingerprint density at radius 1 is 1.31 bits per heavy atom. The average molecular weight is 556 g/mol. The lowest BCUT2D eigenvalue weighted by Crippen LogP contribution is -2.39. The molecule has 4 rings (SSSR count). The molecule has 0 radical (unpaired) electrons. The van der Waals surface area contributed by atoms with Gasteiger partial charge in [0, 0.05) is 4.88 Å². The molecule has 29 heavy (non-hydrogen) atoms. The summed E-state index contributed by atoms with van der Waals surface area (Å²) in [4.78, 5) is 30.8. The number of phenolic OH excluding ortho intramolecular Hbond substituents is 1. The van der Waals surface area contributed by atoms with Gasteiger partial charge in [-0.1, -0.05) is 17.4 Å². The number of benzene rings is 1. The van der Waals surface area contributed by atoms with Gasteiger partial charge in [0.2, 0.25) is 0 Å². The molecular formula is C19H12Br2N2O4S2. The van der Waals surface area contributed by atoms with Gasteiger partial charge in [-0.2, -0.15) is 0 Å². The summed E-state index contributed by atoms with van der Waals surface area (Å²) >= 11 is 9.17. The van der Waals surface area contributed by atoms with Crippen LogP contribution in [-0.4, -0.2) is 20.7 Å². The van der Waals surface area contributed by atoms with Crippen molar-refractivity contribution in [1.29, 1.82) is 0 Å². The van der Waals surface area contributed by atoms with Gasteiger partial charge in [0.1, 0.15) is 11.8 Å². The number of hydrogen-bond donors (Lipinski definition) is 2.